The zero-order valence-electron chi connectivity index (χ0n) is 21.3. The van der Waals surface area contributed by atoms with E-state index in [1.54, 1.807) is 0 Å². The summed E-state index contributed by atoms with van der Waals surface area (Å²) in [6.07, 6.45) is 10.2. The summed E-state index contributed by atoms with van der Waals surface area (Å²) in [5.74, 6) is 1.37. The van der Waals surface area contributed by atoms with Gasteiger partial charge in [0.2, 0.25) is 5.91 Å². The molecule has 9 heteroatoms. The summed E-state index contributed by atoms with van der Waals surface area (Å²) < 4.78 is 24.0. The Balaban J connectivity index is 1.26. The van der Waals surface area contributed by atoms with Crippen LogP contribution in [-0.4, -0.2) is 69.9 Å². The summed E-state index contributed by atoms with van der Waals surface area (Å²) in [6, 6.07) is 1.09. The van der Waals surface area contributed by atoms with Gasteiger partial charge in [-0.25, -0.2) is 8.42 Å². The molecule has 2 heterocycles. The van der Waals surface area contributed by atoms with Gasteiger partial charge < -0.3 is 10.6 Å². The van der Waals surface area contributed by atoms with Crippen LogP contribution in [0, 0.1) is 23.7 Å². The maximum Gasteiger partial charge on any atom is 0.223 e. The highest BCUT2D eigenvalue weighted by Crippen LogP contribution is 2.34. The SMILES string of the molecule is CC1CCC(NC(=O)C2CCC(S(C)(=O)=O)C(C)C2)CC1NC1NCCC(C2CCCNC2)N1. The Morgan fingerprint density at radius 3 is 2.47 bits per heavy atom. The standard InChI is InChI=1S/C25H47N5O3S/c1-16-6-8-20(28-24(31)18-7-9-23(17(2)13-18)34(3,32)33)14-22(16)30-25-27-12-10-21(29-25)19-5-4-11-26-15-19/h16-23,25-27,29-30H,4-15H2,1-3H3,(H,28,31). The molecule has 2 aliphatic heterocycles. The molecule has 34 heavy (non-hydrogen) atoms. The first kappa shape index (κ1) is 26.3. The first-order chi connectivity index (χ1) is 16.2. The van der Waals surface area contributed by atoms with Gasteiger partial charge in [-0.15, -0.1) is 0 Å². The third-order valence-electron chi connectivity index (χ3n) is 9.02. The molecule has 196 valence electrons. The number of carbonyl (C=O) groups is 1. The highest BCUT2D eigenvalue weighted by Gasteiger charge is 2.38. The van der Waals surface area contributed by atoms with Gasteiger partial charge in [0.1, 0.15) is 6.29 Å². The van der Waals surface area contributed by atoms with Gasteiger partial charge in [-0.1, -0.05) is 13.8 Å². The van der Waals surface area contributed by atoms with Crippen molar-refractivity contribution < 1.29 is 13.2 Å². The van der Waals surface area contributed by atoms with Crippen molar-refractivity contribution in [3.05, 3.63) is 0 Å². The highest BCUT2D eigenvalue weighted by molar-refractivity contribution is 7.91. The van der Waals surface area contributed by atoms with Gasteiger partial charge in [0, 0.05) is 30.3 Å². The maximum atomic E-state index is 13.1. The molecular formula is C25H47N5O3S. The summed E-state index contributed by atoms with van der Waals surface area (Å²) in [4.78, 5) is 13.1. The lowest BCUT2D eigenvalue weighted by atomic mass is 9.80. The van der Waals surface area contributed by atoms with Crippen LogP contribution in [-0.2, 0) is 14.6 Å². The fraction of sp³-hybridized carbons (Fsp3) is 0.960. The van der Waals surface area contributed by atoms with E-state index in [4.69, 9.17) is 0 Å². The molecule has 4 fully saturated rings. The van der Waals surface area contributed by atoms with E-state index in [1.165, 1.54) is 25.5 Å². The Morgan fingerprint density at radius 2 is 1.76 bits per heavy atom. The second-order valence-electron chi connectivity index (χ2n) is 11.7. The Kier molecular flexibility index (Phi) is 8.94. The number of hydrogen-bond acceptors (Lipinski definition) is 7. The molecule has 5 N–H and O–H groups in total. The van der Waals surface area contributed by atoms with Gasteiger partial charge in [0.25, 0.3) is 0 Å². The molecule has 4 aliphatic rings. The summed E-state index contributed by atoms with van der Waals surface area (Å²) in [7, 11) is -3.05. The van der Waals surface area contributed by atoms with Gasteiger partial charge in [-0.3, -0.25) is 20.7 Å². The number of carbonyl (C=O) groups excluding carboxylic acids is 1. The van der Waals surface area contributed by atoms with Gasteiger partial charge in [-0.2, -0.15) is 0 Å². The average Bonchev–Trinajstić information content (AvgIpc) is 2.81. The summed E-state index contributed by atoms with van der Waals surface area (Å²) in [5.41, 5.74) is 0. The Morgan fingerprint density at radius 1 is 0.941 bits per heavy atom. The molecule has 4 rings (SSSR count). The minimum absolute atomic E-state index is 0.0380. The van der Waals surface area contributed by atoms with E-state index in [-0.39, 0.29) is 35.3 Å². The molecule has 0 spiro atoms. The van der Waals surface area contributed by atoms with Crippen LogP contribution >= 0.6 is 0 Å². The smallest absolute Gasteiger partial charge is 0.223 e. The van der Waals surface area contributed by atoms with Crippen LogP contribution in [0.3, 0.4) is 0 Å². The monoisotopic (exact) mass is 497 g/mol. The third-order valence-corrected chi connectivity index (χ3v) is 10.8. The van der Waals surface area contributed by atoms with E-state index in [2.05, 4.69) is 33.5 Å². The topological polar surface area (TPSA) is 111 Å². The molecule has 0 aromatic carbocycles. The van der Waals surface area contributed by atoms with Crippen LogP contribution in [0.2, 0.25) is 0 Å². The van der Waals surface area contributed by atoms with E-state index >= 15 is 0 Å². The van der Waals surface area contributed by atoms with Gasteiger partial charge in [0.05, 0.1) is 5.25 Å². The minimum atomic E-state index is -3.05. The molecule has 0 aromatic rings. The van der Waals surface area contributed by atoms with Crippen LogP contribution in [0.15, 0.2) is 0 Å². The number of hydrogen-bond donors (Lipinski definition) is 5. The van der Waals surface area contributed by atoms with Crippen molar-refractivity contribution in [1.82, 2.24) is 26.6 Å². The van der Waals surface area contributed by atoms with Crippen molar-refractivity contribution in [3.63, 3.8) is 0 Å². The van der Waals surface area contributed by atoms with Crippen LogP contribution in [0.4, 0.5) is 0 Å². The molecule has 2 aliphatic carbocycles. The lowest BCUT2D eigenvalue weighted by Gasteiger charge is -2.43. The molecule has 0 radical (unpaired) electrons. The van der Waals surface area contributed by atoms with E-state index < -0.39 is 9.84 Å². The second-order valence-corrected chi connectivity index (χ2v) is 13.9. The lowest BCUT2D eigenvalue weighted by molar-refractivity contribution is -0.127. The van der Waals surface area contributed by atoms with Gasteiger partial charge >= 0.3 is 0 Å². The molecule has 8 nitrogen and oxygen atoms in total. The molecule has 2 saturated heterocycles. The van der Waals surface area contributed by atoms with E-state index in [9.17, 15) is 13.2 Å². The fourth-order valence-electron chi connectivity index (χ4n) is 6.90. The molecule has 1 amide bonds. The molecule has 9 atom stereocenters. The second kappa shape index (κ2) is 11.5. The number of nitrogens with one attached hydrogen (secondary N) is 5. The van der Waals surface area contributed by atoms with Crippen LogP contribution in [0.5, 0.6) is 0 Å². The number of piperidine rings is 1. The molecule has 9 unspecified atom stereocenters. The predicted molar refractivity (Wildman–Crippen MR) is 136 cm³/mol. The number of amides is 1. The number of sulfone groups is 1. The molecule has 0 aromatic heterocycles. The Labute approximate surface area is 206 Å². The summed E-state index contributed by atoms with van der Waals surface area (Å²) >= 11 is 0. The van der Waals surface area contributed by atoms with Crippen molar-refractivity contribution in [3.8, 4) is 0 Å². The molecule has 0 bridgehead atoms. The van der Waals surface area contributed by atoms with Gasteiger partial charge in [0.15, 0.2) is 9.84 Å². The van der Waals surface area contributed by atoms with Crippen LogP contribution in [0.1, 0.15) is 71.6 Å². The quantitative estimate of drug-likeness (QED) is 0.376. The normalized spacial score (nSPS) is 42.1. The van der Waals surface area contributed by atoms with Crippen molar-refractivity contribution in [1.29, 1.82) is 0 Å². The first-order valence-electron chi connectivity index (χ1n) is 13.7. The highest BCUT2D eigenvalue weighted by atomic mass is 32.2. The predicted octanol–water partition coefficient (Wildman–Crippen LogP) is 1.33. The van der Waals surface area contributed by atoms with E-state index in [0.29, 0.717) is 43.2 Å². The first-order valence-corrected chi connectivity index (χ1v) is 15.6. The molecular weight excluding hydrogens is 450 g/mol. The van der Waals surface area contributed by atoms with Crippen molar-refractivity contribution in [2.45, 2.75) is 101 Å². The summed E-state index contributed by atoms with van der Waals surface area (Å²) in [5, 5.41) is 17.8. The summed E-state index contributed by atoms with van der Waals surface area (Å²) in [6.45, 7) is 7.59. The Bertz CT molecular complexity index is 787. The van der Waals surface area contributed by atoms with Gasteiger partial charge in [-0.05, 0) is 95.2 Å². The number of rotatable bonds is 6. The van der Waals surface area contributed by atoms with Crippen LogP contribution < -0.4 is 26.6 Å². The zero-order valence-corrected chi connectivity index (χ0v) is 22.1. The van der Waals surface area contributed by atoms with Crippen molar-refractivity contribution in [2.75, 3.05) is 25.9 Å². The van der Waals surface area contributed by atoms with Crippen molar-refractivity contribution >= 4 is 15.7 Å². The molecule has 2 saturated carbocycles. The largest absolute Gasteiger partial charge is 0.353 e. The lowest BCUT2D eigenvalue weighted by Crippen LogP contribution is -2.66. The maximum absolute atomic E-state index is 13.1. The zero-order chi connectivity index (χ0) is 24.3. The average molecular weight is 498 g/mol. The Hall–Kier alpha value is -0.740. The minimum Gasteiger partial charge on any atom is -0.353 e. The van der Waals surface area contributed by atoms with Crippen molar-refractivity contribution in [2.24, 2.45) is 23.7 Å². The van der Waals surface area contributed by atoms with E-state index in [0.717, 1.165) is 38.9 Å². The van der Waals surface area contributed by atoms with Crippen LogP contribution in [0.25, 0.3) is 0 Å². The fourth-order valence-corrected chi connectivity index (χ4v) is 8.42. The van der Waals surface area contributed by atoms with E-state index in [1.807, 2.05) is 6.92 Å². The third kappa shape index (κ3) is 6.72.